The predicted octanol–water partition coefficient (Wildman–Crippen LogP) is 2.51. The van der Waals surface area contributed by atoms with Gasteiger partial charge < -0.3 is 4.74 Å². The van der Waals surface area contributed by atoms with E-state index in [0.29, 0.717) is 0 Å². The van der Waals surface area contributed by atoms with Crippen LogP contribution in [0.2, 0.25) is 0 Å². The van der Waals surface area contributed by atoms with Gasteiger partial charge in [-0.15, -0.1) is 0 Å². The van der Waals surface area contributed by atoms with Gasteiger partial charge in [-0.2, -0.15) is 0 Å². The zero-order valence-corrected chi connectivity index (χ0v) is 10.6. The number of ether oxygens (including phenoxy) is 1. The van der Waals surface area contributed by atoms with E-state index in [1.807, 2.05) is 6.92 Å². The molecule has 0 aliphatic heterocycles. The van der Waals surface area contributed by atoms with Gasteiger partial charge in [-0.25, -0.2) is 9.18 Å². The van der Waals surface area contributed by atoms with Crippen LogP contribution < -0.4 is 0 Å². The molecule has 1 heterocycles. The summed E-state index contributed by atoms with van der Waals surface area (Å²) in [7, 11) is 0. The number of aromatic nitrogens is 1. The molecule has 1 aromatic heterocycles. The number of halogens is 2. The molecule has 0 aromatic carbocycles. The van der Waals surface area contributed by atoms with Gasteiger partial charge in [0.25, 0.3) is 3.68 Å². The largest absolute Gasteiger partial charge is 0.463 e. The normalized spacial score (nSPS) is 14.4. The lowest BCUT2D eigenvalue weighted by molar-refractivity contribution is -0.150. The van der Waals surface area contributed by atoms with Gasteiger partial charge in [-0.1, -0.05) is 6.07 Å². The molecular formula is C10H11FINO2. The Morgan fingerprint density at radius 3 is 2.80 bits per heavy atom. The van der Waals surface area contributed by atoms with Crippen molar-refractivity contribution in [3.63, 3.8) is 0 Å². The minimum Gasteiger partial charge on any atom is -0.463 e. The molecule has 0 N–H and O–H groups in total. The number of carbonyl (C=O) groups is 1. The van der Waals surface area contributed by atoms with Crippen LogP contribution >= 0.6 is 22.6 Å². The van der Waals surface area contributed by atoms with E-state index in [1.165, 1.54) is 34.9 Å². The first kappa shape index (κ1) is 12.4. The summed E-state index contributed by atoms with van der Waals surface area (Å²) in [5, 5.41) is 0. The second-order valence-electron chi connectivity index (χ2n) is 3.02. The summed E-state index contributed by atoms with van der Waals surface area (Å²) in [6.45, 7) is 3.63. The Morgan fingerprint density at radius 1 is 1.67 bits per heavy atom. The molecule has 1 aromatic rings. The summed E-state index contributed by atoms with van der Waals surface area (Å²) in [6.07, 6.45) is 1.52. The van der Waals surface area contributed by atoms with Gasteiger partial charge in [0.2, 0.25) is 0 Å². The molecule has 82 valence electrons. The quantitative estimate of drug-likeness (QED) is 0.487. The smallest absolute Gasteiger partial charge is 0.360 e. The number of rotatable bonds is 3. The fraction of sp³-hybridized carbons (Fsp3) is 0.400. The van der Waals surface area contributed by atoms with E-state index in [-0.39, 0.29) is 12.3 Å². The minimum absolute atomic E-state index is 0.0622. The molecule has 1 unspecified atom stereocenters. The van der Waals surface area contributed by atoms with Gasteiger partial charge in [0.1, 0.15) is 0 Å². The molecule has 3 nitrogen and oxygen atoms in total. The van der Waals surface area contributed by atoms with E-state index in [1.54, 1.807) is 13.0 Å². The van der Waals surface area contributed by atoms with Crippen LogP contribution in [0.1, 0.15) is 18.2 Å². The molecule has 0 radical (unpaired) electrons. The van der Waals surface area contributed by atoms with Gasteiger partial charge in [0.05, 0.1) is 12.3 Å². The number of carbonyl (C=O) groups excluding carboxylic acids is 1. The Hall–Kier alpha value is -0.720. The SMILES string of the molecule is CCOC(=O)C(F)(I)c1ccc(C)cn1. The summed E-state index contributed by atoms with van der Waals surface area (Å²) in [5.74, 6) is -0.915. The fourth-order valence-corrected chi connectivity index (χ4v) is 1.45. The Balaban J connectivity index is 2.94. The first-order chi connectivity index (χ1) is 6.98. The predicted molar refractivity (Wildman–Crippen MR) is 62.4 cm³/mol. The fourth-order valence-electron chi connectivity index (χ4n) is 0.980. The first-order valence-corrected chi connectivity index (χ1v) is 5.54. The number of nitrogens with zero attached hydrogens (tertiary/aromatic N) is 1. The van der Waals surface area contributed by atoms with Crippen LogP contribution in [0.3, 0.4) is 0 Å². The zero-order valence-electron chi connectivity index (χ0n) is 8.46. The lowest BCUT2D eigenvalue weighted by Crippen LogP contribution is -2.27. The van der Waals surface area contributed by atoms with Gasteiger partial charge in [-0.3, -0.25) is 4.98 Å². The molecule has 5 heteroatoms. The van der Waals surface area contributed by atoms with Crippen molar-refractivity contribution in [2.45, 2.75) is 17.5 Å². The van der Waals surface area contributed by atoms with E-state index in [2.05, 4.69) is 9.72 Å². The summed E-state index contributed by atoms with van der Waals surface area (Å²) in [6, 6.07) is 3.19. The molecule has 0 saturated heterocycles. The number of alkyl halides is 2. The van der Waals surface area contributed by atoms with Crippen molar-refractivity contribution in [1.82, 2.24) is 4.98 Å². The van der Waals surface area contributed by atoms with Crippen molar-refractivity contribution < 1.29 is 13.9 Å². The van der Waals surface area contributed by atoms with E-state index in [4.69, 9.17) is 0 Å². The molecule has 0 aliphatic carbocycles. The molecule has 1 atom stereocenters. The summed E-state index contributed by atoms with van der Waals surface area (Å²) in [4.78, 5) is 15.2. The van der Waals surface area contributed by atoms with Crippen molar-refractivity contribution >= 4 is 28.6 Å². The standard InChI is InChI=1S/C10H11FINO2/c1-3-15-9(14)10(11,12)8-5-4-7(2)6-13-8/h4-6H,3H2,1-2H3. The van der Waals surface area contributed by atoms with Crippen molar-refractivity contribution in [3.05, 3.63) is 29.6 Å². The third-order valence-electron chi connectivity index (χ3n) is 1.76. The average molecular weight is 323 g/mol. The van der Waals surface area contributed by atoms with E-state index >= 15 is 0 Å². The number of pyridine rings is 1. The van der Waals surface area contributed by atoms with Crippen LogP contribution in [0.4, 0.5) is 4.39 Å². The molecule has 15 heavy (non-hydrogen) atoms. The minimum atomic E-state index is -2.21. The topological polar surface area (TPSA) is 39.2 Å². The monoisotopic (exact) mass is 323 g/mol. The van der Waals surface area contributed by atoms with Crippen molar-refractivity contribution in [3.8, 4) is 0 Å². The van der Waals surface area contributed by atoms with Crippen LogP contribution in [-0.4, -0.2) is 17.6 Å². The van der Waals surface area contributed by atoms with E-state index in [0.717, 1.165) is 5.56 Å². The molecule has 0 saturated carbocycles. The van der Waals surface area contributed by atoms with Gasteiger partial charge in [-0.05, 0) is 48.1 Å². The molecule has 0 spiro atoms. The highest BCUT2D eigenvalue weighted by Crippen LogP contribution is 2.33. The summed E-state index contributed by atoms with van der Waals surface area (Å²) >= 11 is 1.40. The van der Waals surface area contributed by atoms with Crippen molar-refractivity contribution in [2.24, 2.45) is 0 Å². The Bertz CT molecular complexity index is 351. The Morgan fingerprint density at radius 2 is 2.33 bits per heavy atom. The summed E-state index contributed by atoms with van der Waals surface area (Å²) < 4.78 is 16.4. The molecule has 0 fully saturated rings. The van der Waals surface area contributed by atoms with Crippen LogP contribution in [0.15, 0.2) is 18.3 Å². The van der Waals surface area contributed by atoms with E-state index in [9.17, 15) is 9.18 Å². The molecule has 0 bridgehead atoms. The third-order valence-corrected chi connectivity index (χ3v) is 2.76. The average Bonchev–Trinajstić information content (AvgIpc) is 2.18. The van der Waals surface area contributed by atoms with Gasteiger partial charge >= 0.3 is 5.97 Å². The zero-order chi connectivity index (χ0) is 11.5. The Labute approximate surface area is 101 Å². The van der Waals surface area contributed by atoms with Crippen LogP contribution in [0, 0.1) is 6.92 Å². The number of hydrogen-bond acceptors (Lipinski definition) is 3. The number of esters is 1. The maximum absolute atomic E-state index is 14.0. The maximum Gasteiger partial charge on any atom is 0.360 e. The van der Waals surface area contributed by atoms with Gasteiger partial charge in [0, 0.05) is 6.20 Å². The Kier molecular flexibility index (Phi) is 4.01. The molecule has 1 rings (SSSR count). The highest BCUT2D eigenvalue weighted by Gasteiger charge is 2.40. The van der Waals surface area contributed by atoms with Crippen LogP contribution in [-0.2, 0) is 13.2 Å². The second kappa shape index (κ2) is 4.87. The third kappa shape index (κ3) is 2.87. The van der Waals surface area contributed by atoms with Crippen molar-refractivity contribution in [2.75, 3.05) is 6.61 Å². The first-order valence-electron chi connectivity index (χ1n) is 4.46. The highest BCUT2D eigenvalue weighted by atomic mass is 127. The molecule has 0 aliphatic rings. The lowest BCUT2D eigenvalue weighted by Gasteiger charge is -2.15. The number of aryl methyl sites for hydroxylation is 1. The maximum atomic E-state index is 14.0. The van der Waals surface area contributed by atoms with Crippen LogP contribution in [0.25, 0.3) is 0 Å². The second-order valence-corrected chi connectivity index (χ2v) is 4.50. The molecular weight excluding hydrogens is 312 g/mol. The lowest BCUT2D eigenvalue weighted by atomic mass is 10.2. The van der Waals surface area contributed by atoms with E-state index < -0.39 is 9.64 Å². The summed E-state index contributed by atoms with van der Waals surface area (Å²) in [5.41, 5.74) is 0.974. The molecule has 0 amide bonds. The van der Waals surface area contributed by atoms with Crippen LogP contribution in [0.5, 0.6) is 0 Å². The van der Waals surface area contributed by atoms with Crippen molar-refractivity contribution in [1.29, 1.82) is 0 Å². The number of hydrogen-bond donors (Lipinski definition) is 0. The highest BCUT2D eigenvalue weighted by molar-refractivity contribution is 14.1. The van der Waals surface area contributed by atoms with Gasteiger partial charge in [0.15, 0.2) is 0 Å².